The molecule has 1 saturated heterocycles. The first-order chi connectivity index (χ1) is 13.6. The average molecular weight is 410 g/mol. The maximum atomic E-state index is 6.37. The molecule has 1 fully saturated rings. The maximum absolute atomic E-state index is 6.37. The number of halogens is 1. The van der Waals surface area contributed by atoms with Crippen molar-refractivity contribution in [3.63, 3.8) is 0 Å². The first-order valence-electron chi connectivity index (χ1n) is 9.38. The number of amidine groups is 1. The highest BCUT2D eigenvalue weighted by molar-refractivity contribution is 8.14. The molecule has 3 atom stereocenters. The van der Waals surface area contributed by atoms with Gasteiger partial charge in [-0.3, -0.25) is 4.98 Å². The van der Waals surface area contributed by atoms with E-state index in [1.165, 1.54) is 0 Å². The van der Waals surface area contributed by atoms with Crippen LogP contribution >= 0.6 is 23.4 Å². The molecule has 4 nitrogen and oxygen atoms in total. The van der Waals surface area contributed by atoms with E-state index in [0.717, 1.165) is 40.1 Å². The van der Waals surface area contributed by atoms with E-state index in [4.69, 9.17) is 21.0 Å². The lowest BCUT2D eigenvalue weighted by Crippen LogP contribution is -2.28. The first-order valence-corrected chi connectivity index (χ1v) is 10.6. The van der Waals surface area contributed by atoms with Crippen molar-refractivity contribution in [3.8, 4) is 11.3 Å². The summed E-state index contributed by atoms with van der Waals surface area (Å²) in [5.41, 5.74) is 3.14. The van der Waals surface area contributed by atoms with Gasteiger partial charge in [-0.25, -0.2) is 4.99 Å². The van der Waals surface area contributed by atoms with Gasteiger partial charge < -0.3 is 9.32 Å². The van der Waals surface area contributed by atoms with Crippen molar-refractivity contribution in [1.82, 2.24) is 9.88 Å². The summed E-state index contributed by atoms with van der Waals surface area (Å²) in [6.45, 7) is 5.27. The van der Waals surface area contributed by atoms with Gasteiger partial charge in [0.1, 0.15) is 23.6 Å². The van der Waals surface area contributed by atoms with Crippen LogP contribution in [0.2, 0.25) is 5.02 Å². The van der Waals surface area contributed by atoms with Gasteiger partial charge in [0.25, 0.3) is 0 Å². The molecule has 142 valence electrons. The average Bonchev–Trinajstić information content (AvgIpc) is 3.38. The minimum absolute atomic E-state index is 0.0237. The molecule has 0 N–H and O–H groups in total. The van der Waals surface area contributed by atoms with Gasteiger partial charge in [0.15, 0.2) is 5.17 Å². The van der Waals surface area contributed by atoms with E-state index in [9.17, 15) is 0 Å². The van der Waals surface area contributed by atoms with Gasteiger partial charge in [-0.05, 0) is 48.9 Å². The molecule has 0 unspecified atom stereocenters. The Bertz CT molecular complexity index is 1050. The highest BCUT2D eigenvalue weighted by atomic mass is 35.5. The molecule has 5 rings (SSSR count). The SMILES string of the molecule is Cc1ccc(Cl)cc1-c1ccc([C@@H]2[C@@H](c3ccccn3)N=C3S[C@H](C)CN32)o1. The fourth-order valence-electron chi connectivity index (χ4n) is 3.94. The third-order valence-corrected chi connectivity index (χ3v) is 6.60. The molecule has 28 heavy (non-hydrogen) atoms. The van der Waals surface area contributed by atoms with Crippen molar-refractivity contribution in [2.45, 2.75) is 31.2 Å². The molecule has 6 heteroatoms. The van der Waals surface area contributed by atoms with E-state index in [1.54, 1.807) is 0 Å². The molecule has 0 aliphatic carbocycles. The van der Waals surface area contributed by atoms with E-state index >= 15 is 0 Å². The number of aromatic nitrogens is 1. The van der Waals surface area contributed by atoms with Crippen molar-refractivity contribution in [2.24, 2.45) is 4.99 Å². The van der Waals surface area contributed by atoms with Crippen molar-refractivity contribution in [1.29, 1.82) is 0 Å². The number of nitrogens with zero attached hydrogens (tertiary/aromatic N) is 3. The maximum Gasteiger partial charge on any atom is 0.161 e. The molecular formula is C22H20ClN3OS. The number of pyridine rings is 1. The van der Waals surface area contributed by atoms with Crippen molar-refractivity contribution < 1.29 is 4.42 Å². The van der Waals surface area contributed by atoms with Crippen molar-refractivity contribution in [2.75, 3.05) is 6.54 Å². The van der Waals surface area contributed by atoms with Gasteiger partial charge in [-0.2, -0.15) is 0 Å². The Morgan fingerprint density at radius 2 is 2.07 bits per heavy atom. The van der Waals surface area contributed by atoms with Crippen LogP contribution < -0.4 is 0 Å². The zero-order chi connectivity index (χ0) is 19.3. The number of hydrogen-bond acceptors (Lipinski definition) is 5. The van der Waals surface area contributed by atoms with E-state index in [-0.39, 0.29) is 12.1 Å². The van der Waals surface area contributed by atoms with E-state index in [1.807, 2.05) is 60.4 Å². The van der Waals surface area contributed by atoms with Gasteiger partial charge in [-0.15, -0.1) is 0 Å². The van der Waals surface area contributed by atoms with Crippen LogP contribution in [0.1, 0.15) is 36.0 Å². The fourth-order valence-corrected chi connectivity index (χ4v) is 5.21. The van der Waals surface area contributed by atoms with Crippen LogP contribution in [0.15, 0.2) is 64.1 Å². The Morgan fingerprint density at radius 3 is 2.89 bits per heavy atom. The molecule has 0 saturated carbocycles. The summed E-state index contributed by atoms with van der Waals surface area (Å²) in [6, 6.07) is 16.0. The topological polar surface area (TPSA) is 41.6 Å². The molecule has 2 aliphatic rings. The first kappa shape index (κ1) is 17.8. The standard InChI is InChI=1S/C22H20ClN3OS/c1-13-6-7-15(23)11-16(13)18-8-9-19(27-18)21-20(17-5-3-4-10-24-17)25-22-26(21)12-14(2)28-22/h3-11,14,20-21H,12H2,1-2H3/t14-,20-,21-/m1/s1. The quantitative estimate of drug-likeness (QED) is 0.540. The number of thioether (sulfide) groups is 1. The molecular weight excluding hydrogens is 390 g/mol. The highest BCUT2D eigenvalue weighted by Gasteiger charge is 2.45. The van der Waals surface area contributed by atoms with Crippen LogP contribution in [0, 0.1) is 6.92 Å². The number of hydrogen-bond donors (Lipinski definition) is 0. The van der Waals surface area contributed by atoms with E-state index < -0.39 is 0 Å². The van der Waals surface area contributed by atoms with Gasteiger partial charge in [0.05, 0.1) is 5.69 Å². The van der Waals surface area contributed by atoms with Gasteiger partial charge in [0.2, 0.25) is 0 Å². The number of furan rings is 1. The van der Waals surface area contributed by atoms with Crippen LogP contribution in [0.3, 0.4) is 0 Å². The number of rotatable bonds is 3. The van der Waals surface area contributed by atoms with E-state index in [2.05, 4.69) is 29.8 Å². The molecule has 0 spiro atoms. The normalized spacial score (nSPS) is 23.8. The summed E-state index contributed by atoms with van der Waals surface area (Å²) >= 11 is 8.04. The summed E-state index contributed by atoms with van der Waals surface area (Å²) in [4.78, 5) is 11.9. The minimum atomic E-state index is -0.0596. The van der Waals surface area contributed by atoms with Crippen LogP contribution in [0.25, 0.3) is 11.3 Å². The zero-order valence-corrected chi connectivity index (χ0v) is 17.2. The molecule has 0 amide bonds. The number of fused-ring (bicyclic) bond motifs is 1. The van der Waals surface area contributed by atoms with Crippen LogP contribution in [-0.4, -0.2) is 26.8 Å². The van der Waals surface area contributed by atoms with Crippen molar-refractivity contribution in [3.05, 3.63) is 76.8 Å². The lowest BCUT2D eigenvalue weighted by atomic mass is 10.0. The number of benzene rings is 1. The summed E-state index contributed by atoms with van der Waals surface area (Å²) in [6.07, 6.45) is 1.83. The third-order valence-electron chi connectivity index (χ3n) is 5.26. The van der Waals surface area contributed by atoms with E-state index in [0.29, 0.717) is 10.3 Å². The van der Waals surface area contributed by atoms with Gasteiger partial charge in [0, 0.05) is 28.6 Å². The van der Waals surface area contributed by atoms with Gasteiger partial charge >= 0.3 is 0 Å². The largest absolute Gasteiger partial charge is 0.459 e. The second kappa shape index (κ2) is 6.98. The second-order valence-electron chi connectivity index (χ2n) is 7.30. The van der Waals surface area contributed by atoms with Crippen LogP contribution in [-0.2, 0) is 0 Å². The predicted molar refractivity (Wildman–Crippen MR) is 115 cm³/mol. The summed E-state index contributed by atoms with van der Waals surface area (Å²) in [5.74, 6) is 1.75. The summed E-state index contributed by atoms with van der Waals surface area (Å²) in [7, 11) is 0. The molecule has 2 aromatic heterocycles. The predicted octanol–water partition coefficient (Wildman–Crippen LogP) is 5.89. The summed E-state index contributed by atoms with van der Waals surface area (Å²) < 4.78 is 6.37. The third kappa shape index (κ3) is 3.03. The Labute approximate surface area is 173 Å². The second-order valence-corrected chi connectivity index (χ2v) is 9.14. The lowest BCUT2D eigenvalue weighted by molar-refractivity contribution is 0.277. The number of aliphatic imine (C=N–C) groups is 1. The Morgan fingerprint density at radius 1 is 1.18 bits per heavy atom. The number of aryl methyl sites for hydroxylation is 1. The molecule has 4 heterocycles. The molecule has 0 bridgehead atoms. The summed E-state index contributed by atoms with van der Waals surface area (Å²) in [5, 5.41) is 2.32. The molecule has 1 aromatic carbocycles. The smallest absolute Gasteiger partial charge is 0.161 e. The Balaban J connectivity index is 1.55. The van der Waals surface area contributed by atoms with Crippen LogP contribution in [0.5, 0.6) is 0 Å². The van der Waals surface area contributed by atoms with Crippen LogP contribution in [0.4, 0.5) is 0 Å². The van der Waals surface area contributed by atoms with Crippen molar-refractivity contribution >= 4 is 28.5 Å². The lowest BCUT2D eigenvalue weighted by Gasteiger charge is -2.25. The zero-order valence-electron chi connectivity index (χ0n) is 15.7. The minimum Gasteiger partial charge on any atom is -0.459 e. The molecule has 0 radical (unpaired) electrons. The Hall–Kier alpha value is -2.24. The highest BCUT2D eigenvalue weighted by Crippen LogP contribution is 2.48. The Kier molecular flexibility index (Phi) is 4.44. The molecule has 2 aliphatic heterocycles. The monoisotopic (exact) mass is 409 g/mol. The molecule has 3 aromatic rings. The van der Waals surface area contributed by atoms with Gasteiger partial charge in [-0.1, -0.05) is 42.4 Å². The fraction of sp³-hybridized carbons (Fsp3) is 0.273.